The Bertz CT molecular complexity index is 158. The first-order valence-electron chi connectivity index (χ1n) is 4.84. The molecule has 0 radical (unpaired) electrons. The van der Waals surface area contributed by atoms with Gasteiger partial charge < -0.3 is 10.6 Å². The lowest BCUT2D eigenvalue weighted by Crippen LogP contribution is -2.35. The van der Waals surface area contributed by atoms with Gasteiger partial charge in [0.05, 0.1) is 0 Å². The summed E-state index contributed by atoms with van der Waals surface area (Å²) in [6.45, 7) is 0.814. The Labute approximate surface area is 84.0 Å². The van der Waals surface area contributed by atoms with Crippen molar-refractivity contribution in [2.45, 2.75) is 25.3 Å². The van der Waals surface area contributed by atoms with Crippen molar-refractivity contribution in [3.05, 3.63) is 0 Å². The Balaban J connectivity index is 2.01. The maximum Gasteiger partial charge on any atom is 0.221 e. The van der Waals surface area contributed by atoms with Crippen molar-refractivity contribution in [2.24, 2.45) is 0 Å². The van der Waals surface area contributed by atoms with Crippen molar-refractivity contribution < 1.29 is 4.79 Å². The maximum absolute atomic E-state index is 10.9. The summed E-state index contributed by atoms with van der Waals surface area (Å²) in [6.07, 6.45) is 3.09. The largest absolute Gasteiger partial charge is 0.359 e. The topological polar surface area (TPSA) is 41.1 Å². The van der Waals surface area contributed by atoms with Crippen LogP contribution in [0.3, 0.4) is 0 Å². The van der Waals surface area contributed by atoms with Crippen molar-refractivity contribution in [2.75, 3.05) is 25.1 Å². The number of hydrogen-bond acceptors (Lipinski definition) is 3. The zero-order chi connectivity index (χ0) is 9.52. The summed E-state index contributed by atoms with van der Waals surface area (Å²) < 4.78 is 0. The van der Waals surface area contributed by atoms with E-state index < -0.39 is 0 Å². The molecule has 1 saturated heterocycles. The molecule has 76 valence electrons. The molecule has 0 unspecified atom stereocenters. The van der Waals surface area contributed by atoms with Crippen LogP contribution >= 0.6 is 11.8 Å². The molecule has 0 aromatic heterocycles. The number of hydrogen-bond donors (Lipinski definition) is 2. The molecular formula is C9H18N2OS. The molecule has 4 heteroatoms. The second kappa shape index (κ2) is 6.27. The molecule has 0 atom stereocenters. The Hall–Kier alpha value is -0.220. The zero-order valence-corrected chi connectivity index (χ0v) is 8.95. The highest BCUT2D eigenvalue weighted by Gasteiger charge is 2.12. The maximum atomic E-state index is 10.9. The summed E-state index contributed by atoms with van der Waals surface area (Å²) in [5, 5.41) is 6.03. The van der Waals surface area contributed by atoms with Gasteiger partial charge in [-0.15, -0.1) is 0 Å². The van der Waals surface area contributed by atoms with E-state index >= 15 is 0 Å². The molecule has 1 heterocycles. The number of thioether (sulfide) groups is 1. The molecule has 0 aromatic carbocycles. The Morgan fingerprint density at radius 3 is 2.77 bits per heavy atom. The van der Waals surface area contributed by atoms with Crippen LogP contribution in [-0.4, -0.2) is 37.0 Å². The van der Waals surface area contributed by atoms with E-state index in [1.54, 1.807) is 7.05 Å². The quantitative estimate of drug-likeness (QED) is 0.702. The summed E-state index contributed by atoms with van der Waals surface area (Å²) >= 11 is 2.02. The van der Waals surface area contributed by atoms with Gasteiger partial charge in [-0.3, -0.25) is 4.79 Å². The predicted octanol–water partition coefficient (Wildman–Crippen LogP) is 0.608. The molecule has 1 aliphatic heterocycles. The zero-order valence-electron chi connectivity index (χ0n) is 8.14. The minimum absolute atomic E-state index is 0.123. The standard InChI is InChI=1S/C9H18N2OS/c1-10-9(12)2-5-11-8-3-6-13-7-4-8/h8,11H,2-7H2,1H3,(H,10,12). The minimum Gasteiger partial charge on any atom is -0.359 e. The van der Waals surface area contributed by atoms with Crippen molar-refractivity contribution in [3.8, 4) is 0 Å². The number of amides is 1. The van der Waals surface area contributed by atoms with Gasteiger partial charge in [-0.2, -0.15) is 11.8 Å². The first-order valence-corrected chi connectivity index (χ1v) is 6.00. The lowest BCUT2D eigenvalue weighted by atomic mass is 10.1. The van der Waals surface area contributed by atoms with Crippen LogP contribution in [0.1, 0.15) is 19.3 Å². The average Bonchev–Trinajstić information content (AvgIpc) is 2.19. The van der Waals surface area contributed by atoms with Crippen molar-refractivity contribution in [1.29, 1.82) is 0 Å². The Morgan fingerprint density at radius 1 is 1.46 bits per heavy atom. The third-order valence-electron chi connectivity index (χ3n) is 2.29. The fourth-order valence-corrected chi connectivity index (χ4v) is 2.52. The second-order valence-electron chi connectivity index (χ2n) is 3.26. The molecule has 0 aliphatic carbocycles. The summed E-state index contributed by atoms with van der Waals surface area (Å²) in [5.74, 6) is 2.65. The van der Waals surface area contributed by atoms with Gasteiger partial charge in [0.25, 0.3) is 0 Å². The first kappa shape index (κ1) is 10.9. The van der Waals surface area contributed by atoms with Crippen molar-refractivity contribution in [3.63, 3.8) is 0 Å². The summed E-state index contributed by atoms with van der Waals surface area (Å²) in [7, 11) is 1.68. The monoisotopic (exact) mass is 202 g/mol. The van der Waals surface area contributed by atoms with Crippen LogP contribution in [-0.2, 0) is 4.79 Å². The second-order valence-corrected chi connectivity index (χ2v) is 4.49. The highest BCUT2D eigenvalue weighted by Crippen LogP contribution is 2.16. The van der Waals surface area contributed by atoms with Crippen LogP contribution in [0.4, 0.5) is 0 Å². The van der Waals surface area contributed by atoms with Gasteiger partial charge in [0.15, 0.2) is 0 Å². The van der Waals surface area contributed by atoms with E-state index in [-0.39, 0.29) is 5.91 Å². The van der Waals surface area contributed by atoms with Crippen molar-refractivity contribution >= 4 is 17.7 Å². The Kier molecular flexibility index (Phi) is 5.23. The summed E-state index contributed by atoms with van der Waals surface area (Å²) in [6, 6.07) is 0.644. The van der Waals surface area contributed by atoms with Crippen LogP contribution in [0.5, 0.6) is 0 Å². The fraction of sp³-hybridized carbons (Fsp3) is 0.889. The summed E-state index contributed by atoms with van der Waals surface area (Å²) in [4.78, 5) is 10.9. The molecular weight excluding hydrogens is 184 g/mol. The van der Waals surface area contributed by atoms with Gasteiger partial charge in [-0.05, 0) is 24.3 Å². The van der Waals surface area contributed by atoms with Gasteiger partial charge in [0.2, 0.25) is 5.91 Å². The highest BCUT2D eigenvalue weighted by molar-refractivity contribution is 7.99. The molecule has 1 rings (SSSR count). The number of carbonyl (C=O) groups is 1. The molecule has 0 saturated carbocycles. The van der Waals surface area contributed by atoms with E-state index in [4.69, 9.17) is 0 Å². The van der Waals surface area contributed by atoms with E-state index in [2.05, 4.69) is 10.6 Å². The SMILES string of the molecule is CNC(=O)CCNC1CCSCC1. The third-order valence-corrected chi connectivity index (χ3v) is 3.33. The van der Waals surface area contributed by atoms with Crippen LogP contribution in [0, 0.1) is 0 Å². The molecule has 2 N–H and O–H groups in total. The predicted molar refractivity (Wildman–Crippen MR) is 57.0 cm³/mol. The fourth-order valence-electron chi connectivity index (χ4n) is 1.42. The minimum atomic E-state index is 0.123. The van der Waals surface area contributed by atoms with Gasteiger partial charge >= 0.3 is 0 Å². The molecule has 13 heavy (non-hydrogen) atoms. The third kappa shape index (κ3) is 4.52. The first-order chi connectivity index (χ1) is 6.33. The highest BCUT2D eigenvalue weighted by atomic mass is 32.2. The molecule has 1 aliphatic rings. The molecule has 0 spiro atoms. The van der Waals surface area contributed by atoms with Crippen molar-refractivity contribution in [1.82, 2.24) is 10.6 Å². The van der Waals surface area contributed by atoms with E-state index in [0.29, 0.717) is 12.5 Å². The summed E-state index contributed by atoms with van der Waals surface area (Å²) in [5.41, 5.74) is 0. The van der Waals surface area contributed by atoms with Crippen LogP contribution < -0.4 is 10.6 Å². The molecule has 0 bridgehead atoms. The molecule has 1 fully saturated rings. The van der Waals surface area contributed by atoms with E-state index in [1.807, 2.05) is 11.8 Å². The average molecular weight is 202 g/mol. The number of carbonyl (C=O) groups excluding carboxylic acids is 1. The van der Waals surface area contributed by atoms with Gasteiger partial charge in [-0.25, -0.2) is 0 Å². The lowest BCUT2D eigenvalue weighted by molar-refractivity contribution is -0.120. The van der Waals surface area contributed by atoms with Gasteiger partial charge in [-0.1, -0.05) is 0 Å². The van der Waals surface area contributed by atoms with E-state index in [1.165, 1.54) is 24.3 Å². The molecule has 0 aromatic rings. The normalized spacial score (nSPS) is 18.5. The molecule has 1 amide bonds. The van der Waals surface area contributed by atoms with E-state index in [0.717, 1.165) is 6.54 Å². The molecule has 3 nitrogen and oxygen atoms in total. The van der Waals surface area contributed by atoms with Gasteiger partial charge in [0.1, 0.15) is 0 Å². The smallest absolute Gasteiger partial charge is 0.221 e. The van der Waals surface area contributed by atoms with Crippen LogP contribution in [0.2, 0.25) is 0 Å². The van der Waals surface area contributed by atoms with Gasteiger partial charge in [0, 0.05) is 26.1 Å². The Morgan fingerprint density at radius 2 is 2.15 bits per heavy atom. The lowest BCUT2D eigenvalue weighted by Gasteiger charge is -2.22. The number of rotatable bonds is 4. The van der Waals surface area contributed by atoms with Crippen LogP contribution in [0.15, 0.2) is 0 Å². The van der Waals surface area contributed by atoms with E-state index in [9.17, 15) is 4.79 Å². The van der Waals surface area contributed by atoms with Crippen LogP contribution in [0.25, 0.3) is 0 Å². The number of nitrogens with one attached hydrogen (secondary N) is 2.